The van der Waals surface area contributed by atoms with E-state index in [0.29, 0.717) is 19.6 Å². The zero-order chi connectivity index (χ0) is 14.0. The summed E-state index contributed by atoms with van der Waals surface area (Å²) in [4.78, 5) is 13.4. The Labute approximate surface area is 109 Å². The van der Waals surface area contributed by atoms with Crippen molar-refractivity contribution in [2.75, 3.05) is 25.9 Å². The molecule has 1 rings (SSSR count). The zero-order valence-electron chi connectivity index (χ0n) is 11.4. The molecule has 0 aromatic rings. The van der Waals surface area contributed by atoms with E-state index < -0.39 is 15.6 Å². The van der Waals surface area contributed by atoms with Gasteiger partial charge in [0.25, 0.3) is 0 Å². The highest BCUT2D eigenvalue weighted by atomic mass is 32.2. The maximum atomic E-state index is 11.8. The van der Waals surface area contributed by atoms with Crippen molar-refractivity contribution in [1.82, 2.24) is 9.62 Å². The van der Waals surface area contributed by atoms with Gasteiger partial charge in [-0.1, -0.05) is 0 Å². The molecule has 0 aliphatic carbocycles. The number of ether oxygens (including phenoxy) is 1. The fraction of sp³-hybridized carbons (Fsp3) is 0.909. The molecule has 1 aliphatic heterocycles. The van der Waals surface area contributed by atoms with Crippen LogP contribution in [0.1, 0.15) is 27.2 Å². The molecule has 1 amide bonds. The maximum absolute atomic E-state index is 11.8. The van der Waals surface area contributed by atoms with Gasteiger partial charge in [0, 0.05) is 19.6 Å². The Morgan fingerprint density at radius 1 is 1.44 bits per heavy atom. The van der Waals surface area contributed by atoms with Gasteiger partial charge in [0.1, 0.15) is 5.60 Å². The zero-order valence-corrected chi connectivity index (χ0v) is 12.2. The normalized spacial score (nSPS) is 21.1. The average molecular weight is 278 g/mol. The van der Waals surface area contributed by atoms with Gasteiger partial charge >= 0.3 is 6.09 Å². The lowest BCUT2D eigenvalue weighted by Gasteiger charge is -2.24. The average Bonchev–Trinajstić information content (AvgIpc) is 2.58. The molecule has 6 nitrogen and oxygen atoms in total. The first kappa shape index (κ1) is 15.2. The first-order valence-electron chi connectivity index (χ1n) is 5.99. The molecular formula is C11H22N2O4S. The third kappa shape index (κ3) is 5.68. The number of hydrogen-bond donors (Lipinski definition) is 1. The highest BCUT2D eigenvalue weighted by Crippen LogP contribution is 2.18. The molecule has 0 spiro atoms. The Morgan fingerprint density at radius 2 is 2.06 bits per heavy atom. The van der Waals surface area contributed by atoms with Gasteiger partial charge < -0.3 is 9.64 Å². The van der Waals surface area contributed by atoms with Crippen molar-refractivity contribution in [2.24, 2.45) is 5.92 Å². The Hall–Kier alpha value is -0.820. The maximum Gasteiger partial charge on any atom is 0.410 e. The predicted octanol–water partition coefficient (Wildman–Crippen LogP) is 0.793. The van der Waals surface area contributed by atoms with E-state index in [9.17, 15) is 13.2 Å². The summed E-state index contributed by atoms with van der Waals surface area (Å²) in [5.41, 5.74) is -0.500. The fourth-order valence-corrected chi connectivity index (χ4v) is 2.30. The highest BCUT2D eigenvalue weighted by Gasteiger charge is 2.29. The lowest BCUT2D eigenvalue weighted by Crippen LogP contribution is -2.36. The Balaban J connectivity index is 2.39. The molecule has 1 atom stereocenters. The molecule has 0 saturated carbocycles. The van der Waals surface area contributed by atoms with Crippen LogP contribution in [0.25, 0.3) is 0 Å². The van der Waals surface area contributed by atoms with Gasteiger partial charge in [-0.15, -0.1) is 0 Å². The van der Waals surface area contributed by atoms with Crippen LogP contribution in [-0.4, -0.2) is 50.9 Å². The van der Waals surface area contributed by atoms with Gasteiger partial charge in [0.2, 0.25) is 10.0 Å². The van der Waals surface area contributed by atoms with Crippen molar-refractivity contribution in [3.8, 4) is 0 Å². The van der Waals surface area contributed by atoms with Crippen LogP contribution in [0, 0.1) is 5.92 Å². The molecule has 0 bridgehead atoms. The van der Waals surface area contributed by atoms with Gasteiger partial charge in [-0.2, -0.15) is 0 Å². The van der Waals surface area contributed by atoms with Crippen LogP contribution in [0.5, 0.6) is 0 Å². The number of carbonyl (C=O) groups excluding carboxylic acids is 1. The van der Waals surface area contributed by atoms with Crippen LogP contribution >= 0.6 is 0 Å². The minimum Gasteiger partial charge on any atom is -0.444 e. The monoisotopic (exact) mass is 278 g/mol. The summed E-state index contributed by atoms with van der Waals surface area (Å²) in [7, 11) is -3.16. The molecule has 18 heavy (non-hydrogen) atoms. The first-order valence-corrected chi connectivity index (χ1v) is 7.88. The van der Waals surface area contributed by atoms with E-state index in [1.54, 1.807) is 4.90 Å². The van der Waals surface area contributed by atoms with E-state index in [1.165, 1.54) is 0 Å². The van der Waals surface area contributed by atoms with Crippen LogP contribution in [0.4, 0.5) is 4.79 Å². The van der Waals surface area contributed by atoms with Gasteiger partial charge in [-0.3, -0.25) is 0 Å². The molecule has 1 aliphatic rings. The van der Waals surface area contributed by atoms with Crippen molar-refractivity contribution >= 4 is 16.1 Å². The van der Waals surface area contributed by atoms with E-state index in [0.717, 1.165) is 12.7 Å². The quantitative estimate of drug-likeness (QED) is 0.828. The van der Waals surface area contributed by atoms with E-state index in [1.807, 2.05) is 20.8 Å². The molecule has 0 unspecified atom stereocenters. The molecule has 106 valence electrons. The van der Waals surface area contributed by atoms with Gasteiger partial charge in [0.05, 0.1) is 6.26 Å². The molecule has 1 saturated heterocycles. The number of nitrogens with zero attached hydrogens (tertiary/aromatic N) is 1. The van der Waals surface area contributed by atoms with E-state index >= 15 is 0 Å². The summed E-state index contributed by atoms with van der Waals surface area (Å²) in [6, 6.07) is 0. The number of amides is 1. The van der Waals surface area contributed by atoms with Crippen LogP contribution in [0.2, 0.25) is 0 Å². The number of rotatable bonds is 3. The number of nitrogens with one attached hydrogen (secondary N) is 1. The van der Waals surface area contributed by atoms with Gasteiger partial charge in [-0.05, 0) is 33.1 Å². The molecule has 1 fully saturated rings. The predicted molar refractivity (Wildman–Crippen MR) is 68.8 cm³/mol. The number of sulfonamides is 1. The standard InChI is InChI=1S/C11H22N2O4S/c1-11(2,3)17-10(14)13-6-5-9(8-13)7-12-18(4,15)16/h9,12H,5-8H2,1-4H3/t9-/m0/s1. The van der Waals surface area contributed by atoms with Crippen LogP contribution in [-0.2, 0) is 14.8 Å². The van der Waals surface area contributed by atoms with E-state index in [-0.39, 0.29) is 12.0 Å². The summed E-state index contributed by atoms with van der Waals surface area (Å²) >= 11 is 0. The summed E-state index contributed by atoms with van der Waals surface area (Å²) in [6.45, 7) is 7.00. The lowest BCUT2D eigenvalue weighted by molar-refractivity contribution is 0.0288. The Kier molecular flexibility index (Phi) is 4.61. The lowest BCUT2D eigenvalue weighted by atomic mass is 10.1. The second-order valence-corrected chi connectivity index (χ2v) is 7.53. The molecular weight excluding hydrogens is 256 g/mol. The van der Waals surface area contributed by atoms with Crippen LogP contribution in [0.15, 0.2) is 0 Å². The van der Waals surface area contributed by atoms with Crippen molar-refractivity contribution in [2.45, 2.75) is 32.8 Å². The molecule has 1 N–H and O–H groups in total. The Morgan fingerprint density at radius 3 is 2.56 bits per heavy atom. The third-order valence-electron chi connectivity index (χ3n) is 2.57. The highest BCUT2D eigenvalue weighted by molar-refractivity contribution is 7.88. The molecule has 1 heterocycles. The third-order valence-corrected chi connectivity index (χ3v) is 3.26. The molecule has 7 heteroatoms. The topological polar surface area (TPSA) is 75.7 Å². The summed E-state index contributed by atoms with van der Waals surface area (Å²) in [5, 5.41) is 0. The number of hydrogen-bond acceptors (Lipinski definition) is 4. The van der Waals surface area contributed by atoms with Gasteiger partial charge in [-0.25, -0.2) is 17.9 Å². The van der Waals surface area contributed by atoms with Crippen molar-refractivity contribution in [3.63, 3.8) is 0 Å². The second kappa shape index (κ2) is 5.44. The summed E-state index contributed by atoms with van der Waals surface area (Å²) in [5.74, 6) is 0.159. The van der Waals surface area contributed by atoms with Crippen LogP contribution in [0.3, 0.4) is 0 Å². The molecule has 0 aromatic heterocycles. The largest absolute Gasteiger partial charge is 0.444 e. The minimum absolute atomic E-state index is 0.159. The number of carbonyl (C=O) groups is 1. The SMILES string of the molecule is CC(C)(C)OC(=O)N1CC[C@@H](CNS(C)(=O)=O)C1. The van der Waals surface area contributed by atoms with E-state index in [4.69, 9.17) is 4.74 Å². The Bertz CT molecular complexity index is 400. The minimum atomic E-state index is -3.16. The van der Waals surface area contributed by atoms with Crippen molar-refractivity contribution in [1.29, 1.82) is 0 Å². The second-order valence-electron chi connectivity index (χ2n) is 5.70. The first-order chi connectivity index (χ1) is 8.07. The summed E-state index contributed by atoms with van der Waals surface area (Å²) in [6.07, 6.45) is 1.60. The smallest absolute Gasteiger partial charge is 0.410 e. The summed E-state index contributed by atoms with van der Waals surface area (Å²) < 4.78 is 29.7. The van der Waals surface area contributed by atoms with E-state index in [2.05, 4.69) is 4.72 Å². The molecule has 0 radical (unpaired) electrons. The fourth-order valence-electron chi connectivity index (χ4n) is 1.76. The number of likely N-dealkylation sites (tertiary alicyclic amines) is 1. The van der Waals surface area contributed by atoms with Crippen LogP contribution < -0.4 is 4.72 Å². The molecule has 0 aromatic carbocycles. The van der Waals surface area contributed by atoms with Gasteiger partial charge in [0.15, 0.2) is 0 Å². The van der Waals surface area contributed by atoms with Crippen molar-refractivity contribution < 1.29 is 17.9 Å². The van der Waals surface area contributed by atoms with Crippen molar-refractivity contribution in [3.05, 3.63) is 0 Å².